The van der Waals surface area contributed by atoms with Crippen molar-refractivity contribution in [2.24, 2.45) is 0 Å². The lowest BCUT2D eigenvalue weighted by Gasteiger charge is -2.33. The van der Waals surface area contributed by atoms with Crippen LogP contribution in [0.5, 0.6) is 5.75 Å². The number of ether oxygens (including phenoxy) is 1. The topological polar surface area (TPSA) is 138 Å². The second-order valence-electron chi connectivity index (χ2n) is 8.51. The monoisotopic (exact) mass is 512 g/mol. The highest BCUT2D eigenvalue weighted by atomic mass is 35.5. The smallest absolute Gasteiger partial charge is 0.179 e. The molecule has 4 aromatic heterocycles. The zero-order valence-electron chi connectivity index (χ0n) is 19.2. The Morgan fingerprint density at radius 2 is 2.19 bits per heavy atom. The van der Waals surface area contributed by atoms with Crippen molar-refractivity contribution >= 4 is 17.1 Å². The van der Waals surface area contributed by atoms with Crippen LogP contribution in [0.4, 0.5) is 4.39 Å². The zero-order chi connectivity index (χ0) is 25.4. The molecule has 1 aliphatic rings. The van der Waals surface area contributed by atoms with E-state index in [1.54, 1.807) is 16.9 Å². The molecule has 13 heteroatoms. The van der Waals surface area contributed by atoms with Crippen LogP contribution in [0.15, 0.2) is 36.8 Å². The molecule has 0 spiro atoms. The standard InChI is InChI=1S/C23H22ClFN8O3/c1-13-22(29-30-33(13)18-4-5-31(12-26)10-19(18)35)14-6-20(23-16(24)8-28-32(23)9-14)36-21(11-34)17-3-2-15(25)7-27-17/h2-3,6-9,18-19,21,34-35H,4-5,10-11H2,1H3/t18-,19+,21?/m0/s1. The van der Waals surface area contributed by atoms with E-state index in [-0.39, 0.29) is 12.6 Å². The van der Waals surface area contributed by atoms with Crippen LogP contribution in [0.3, 0.4) is 0 Å². The normalized spacial score (nSPS) is 18.8. The molecule has 186 valence electrons. The summed E-state index contributed by atoms with van der Waals surface area (Å²) in [6, 6.07) is 4.07. The first-order valence-electron chi connectivity index (χ1n) is 11.2. The van der Waals surface area contributed by atoms with Gasteiger partial charge in [-0.05, 0) is 31.5 Å². The first-order chi connectivity index (χ1) is 17.4. The number of piperidine rings is 1. The van der Waals surface area contributed by atoms with E-state index in [1.165, 1.54) is 27.7 Å². The number of halogens is 2. The predicted molar refractivity (Wildman–Crippen MR) is 125 cm³/mol. The molecule has 0 saturated carbocycles. The Morgan fingerprint density at radius 3 is 2.89 bits per heavy atom. The molecule has 5 rings (SSSR count). The molecule has 3 atom stereocenters. The first kappa shape index (κ1) is 23.9. The van der Waals surface area contributed by atoms with Crippen LogP contribution in [0, 0.1) is 24.2 Å². The number of likely N-dealkylation sites (tertiary alicyclic amines) is 1. The van der Waals surface area contributed by atoms with Gasteiger partial charge in [0.25, 0.3) is 0 Å². The Balaban J connectivity index is 1.52. The van der Waals surface area contributed by atoms with Crippen molar-refractivity contribution in [1.29, 1.82) is 5.26 Å². The molecule has 36 heavy (non-hydrogen) atoms. The van der Waals surface area contributed by atoms with Gasteiger partial charge in [-0.3, -0.25) is 4.98 Å². The number of hydrogen-bond acceptors (Lipinski definition) is 9. The van der Waals surface area contributed by atoms with E-state index in [2.05, 4.69) is 26.6 Å². The van der Waals surface area contributed by atoms with E-state index in [4.69, 9.17) is 21.6 Å². The summed E-state index contributed by atoms with van der Waals surface area (Å²) >= 11 is 6.37. The van der Waals surface area contributed by atoms with Gasteiger partial charge in [-0.15, -0.1) is 5.10 Å². The Morgan fingerprint density at radius 1 is 1.36 bits per heavy atom. The van der Waals surface area contributed by atoms with Crippen LogP contribution in [0.25, 0.3) is 16.8 Å². The quantitative estimate of drug-likeness (QED) is 0.372. The van der Waals surface area contributed by atoms with Crippen molar-refractivity contribution in [3.8, 4) is 23.2 Å². The number of pyridine rings is 2. The van der Waals surface area contributed by atoms with Gasteiger partial charge < -0.3 is 19.8 Å². The maximum atomic E-state index is 13.3. The lowest BCUT2D eigenvalue weighted by atomic mass is 10.0. The summed E-state index contributed by atoms with van der Waals surface area (Å²) in [5, 5.41) is 42.9. The van der Waals surface area contributed by atoms with Crippen molar-refractivity contribution < 1.29 is 19.3 Å². The molecular weight excluding hydrogens is 491 g/mol. The molecule has 0 aromatic carbocycles. The fraction of sp³-hybridized carbons (Fsp3) is 0.348. The molecule has 0 amide bonds. The lowest BCUT2D eigenvalue weighted by Crippen LogP contribution is -2.43. The number of fused-ring (bicyclic) bond motifs is 1. The highest BCUT2D eigenvalue weighted by Crippen LogP contribution is 2.35. The summed E-state index contributed by atoms with van der Waals surface area (Å²) in [5.74, 6) is -0.183. The van der Waals surface area contributed by atoms with Crippen molar-refractivity contribution in [2.75, 3.05) is 19.7 Å². The number of hydrogen-bond donors (Lipinski definition) is 2. The summed E-state index contributed by atoms with van der Waals surface area (Å²) in [6.45, 7) is 2.18. The van der Waals surface area contributed by atoms with Gasteiger partial charge >= 0.3 is 0 Å². The number of nitrogens with zero attached hydrogens (tertiary/aromatic N) is 8. The number of aromatic nitrogens is 6. The van der Waals surface area contributed by atoms with Crippen LogP contribution in [-0.4, -0.2) is 70.5 Å². The summed E-state index contributed by atoms with van der Waals surface area (Å²) in [6.07, 6.45) is 5.21. The Kier molecular flexibility index (Phi) is 6.44. The molecule has 5 heterocycles. The minimum Gasteiger partial charge on any atom is -0.479 e. The summed E-state index contributed by atoms with van der Waals surface area (Å²) in [5.41, 5.74) is 2.70. The van der Waals surface area contributed by atoms with Crippen molar-refractivity contribution in [3.63, 3.8) is 0 Å². The molecule has 2 N–H and O–H groups in total. The van der Waals surface area contributed by atoms with Gasteiger partial charge in [-0.1, -0.05) is 16.8 Å². The van der Waals surface area contributed by atoms with Gasteiger partial charge in [0.05, 0.1) is 54.1 Å². The average molecular weight is 513 g/mol. The highest BCUT2D eigenvalue weighted by molar-refractivity contribution is 6.34. The molecule has 0 aliphatic carbocycles. The number of nitriles is 1. The van der Waals surface area contributed by atoms with Crippen LogP contribution >= 0.6 is 11.6 Å². The summed E-state index contributed by atoms with van der Waals surface area (Å²) in [7, 11) is 0. The Bertz CT molecular complexity index is 1430. The maximum Gasteiger partial charge on any atom is 0.179 e. The van der Waals surface area contributed by atoms with Gasteiger partial charge in [0.1, 0.15) is 22.8 Å². The Labute approximate surface area is 209 Å². The van der Waals surface area contributed by atoms with E-state index in [1.807, 2.05) is 6.92 Å². The molecule has 0 bridgehead atoms. The highest BCUT2D eigenvalue weighted by Gasteiger charge is 2.31. The third kappa shape index (κ3) is 4.32. The number of β-amino-alcohol motifs (C(OH)–C–C–N with tert-alkyl or cyclic N) is 1. The molecular formula is C23H22ClFN8O3. The largest absolute Gasteiger partial charge is 0.479 e. The number of rotatable bonds is 6. The Hall–Kier alpha value is -3.79. The maximum absolute atomic E-state index is 13.3. The number of aliphatic hydroxyl groups is 2. The minimum absolute atomic E-state index is 0.228. The molecule has 0 radical (unpaired) electrons. The third-order valence-electron chi connectivity index (χ3n) is 6.25. The van der Waals surface area contributed by atoms with Gasteiger partial charge in [0, 0.05) is 18.3 Å². The molecule has 1 fully saturated rings. The van der Waals surface area contributed by atoms with Gasteiger partial charge in [0.2, 0.25) is 0 Å². The predicted octanol–water partition coefficient (Wildman–Crippen LogP) is 2.29. The van der Waals surface area contributed by atoms with Gasteiger partial charge in [0.15, 0.2) is 12.3 Å². The first-order valence-corrected chi connectivity index (χ1v) is 11.6. The second kappa shape index (κ2) is 9.69. The van der Waals surface area contributed by atoms with Crippen LogP contribution in [0.2, 0.25) is 5.02 Å². The van der Waals surface area contributed by atoms with E-state index < -0.39 is 24.6 Å². The van der Waals surface area contributed by atoms with E-state index in [0.717, 1.165) is 6.20 Å². The fourth-order valence-corrected chi connectivity index (χ4v) is 4.63. The van der Waals surface area contributed by atoms with Crippen molar-refractivity contribution in [3.05, 3.63) is 59.0 Å². The average Bonchev–Trinajstić information content (AvgIpc) is 3.45. The van der Waals surface area contributed by atoms with E-state index >= 15 is 0 Å². The van der Waals surface area contributed by atoms with E-state index in [9.17, 15) is 14.6 Å². The second-order valence-corrected chi connectivity index (χ2v) is 8.91. The van der Waals surface area contributed by atoms with Gasteiger partial charge in [-0.2, -0.15) is 10.4 Å². The fourth-order valence-electron chi connectivity index (χ4n) is 4.41. The molecule has 1 unspecified atom stereocenters. The molecule has 1 aliphatic heterocycles. The SMILES string of the molecule is Cc1c(-c2cc(OC(CO)c3ccc(F)cn3)c3c(Cl)cnn3c2)nnn1[C@H]1CCN(C#N)C[C@H]1O. The van der Waals surface area contributed by atoms with Crippen molar-refractivity contribution in [1.82, 2.24) is 34.5 Å². The van der Waals surface area contributed by atoms with Crippen LogP contribution < -0.4 is 4.74 Å². The lowest BCUT2D eigenvalue weighted by molar-refractivity contribution is 0.0419. The molecule has 11 nitrogen and oxygen atoms in total. The summed E-state index contributed by atoms with van der Waals surface area (Å²) < 4.78 is 22.6. The van der Waals surface area contributed by atoms with E-state index in [0.29, 0.717) is 51.9 Å². The third-order valence-corrected chi connectivity index (χ3v) is 6.53. The minimum atomic E-state index is -0.882. The van der Waals surface area contributed by atoms with Crippen molar-refractivity contribution in [2.45, 2.75) is 31.6 Å². The molecule has 1 saturated heterocycles. The molecule has 4 aromatic rings. The van der Waals surface area contributed by atoms with Crippen LogP contribution in [0.1, 0.15) is 30.0 Å². The van der Waals surface area contributed by atoms with Gasteiger partial charge in [-0.25, -0.2) is 13.6 Å². The summed E-state index contributed by atoms with van der Waals surface area (Å²) in [4.78, 5) is 5.53. The number of aliphatic hydroxyl groups excluding tert-OH is 2. The van der Waals surface area contributed by atoms with Crippen LogP contribution in [-0.2, 0) is 0 Å². The zero-order valence-corrected chi connectivity index (χ0v) is 19.9.